The summed E-state index contributed by atoms with van der Waals surface area (Å²) in [5.41, 5.74) is 3.19. The second kappa shape index (κ2) is 8.24. The van der Waals surface area contributed by atoms with Crippen LogP contribution in [0.15, 0.2) is 35.1 Å². The molecule has 0 amide bonds. The average Bonchev–Trinajstić information content (AvgIpc) is 2.79. The number of nitriles is 1. The summed E-state index contributed by atoms with van der Waals surface area (Å²) in [6, 6.07) is 9.87. The number of aromatic amines is 1. The first-order valence-electron chi connectivity index (χ1n) is 10.8. The van der Waals surface area contributed by atoms with E-state index < -0.39 is 5.82 Å². The zero-order valence-electron chi connectivity index (χ0n) is 17.5. The summed E-state index contributed by atoms with van der Waals surface area (Å²) in [5.74, 6) is -0.729. The zero-order chi connectivity index (χ0) is 22.2. The molecule has 2 aliphatic rings. The Labute approximate surface area is 184 Å². The normalized spacial score (nSPS) is 16.5. The van der Waals surface area contributed by atoms with Crippen LogP contribution in [0.4, 0.5) is 20.2 Å². The third-order valence-corrected chi connectivity index (χ3v) is 6.33. The van der Waals surface area contributed by atoms with Crippen LogP contribution < -0.4 is 15.8 Å². The lowest BCUT2D eigenvalue weighted by atomic mass is 10.00. The van der Waals surface area contributed by atoms with Gasteiger partial charge in [0.2, 0.25) is 0 Å². The highest BCUT2D eigenvalue weighted by Crippen LogP contribution is 2.31. The number of rotatable bonds is 3. The van der Waals surface area contributed by atoms with E-state index in [0.29, 0.717) is 72.5 Å². The summed E-state index contributed by atoms with van der Waals surface area (Å²) in [4.78, 5) is 19.4. The first kappa shape index (κ1) is 20.5. The maximum Gasteiger partial charge on any atom is 0.253 e. The SMILES string of the molecule is N#Cc1ccc(N2CCN(Cc3cc(F)c4c5c(c(=O)[nH]c4c3)CCCN5)CC2)c(F)c1. The maximum absolute atomic E-state index is 15.1. The minimum atomic E-state index is -0.394. The number of nitrogens with zero attached hydrogens (tertiary/aromatic N) is 3. The molecule has 2 N–H and O–H groups in total. The molecule has 3 heterocycles. The van der Waals surface area contributed by atoms with E-state index in [2.05, 4.69) is 15.2 Å². The van der Waals surface area contributed by atoms with E-state index in [9.17, 15) is 9.18 Å². The summed E-state index contributed by atoms with van der Waals surface area (Å²) in [5, 5.41) is 12.6. The molecule has 0 unspecified atom stereocenters. The second-order valence-corrected chi connectivity index (χ2v) is 8.38. The molecule has 2 aromatic carbocycles. The predicted molar refractivity (Wildman–Crippen MR) is 120 cm³/mol. The van der Waals surface area contributed by atoms with E-state index in [1.54, 1.807) is 18.2 Å². The highest BCUT2D eigenvalue weighted by molar-refractivity contribution is 5.94. The monoisotopic (exact) mass is 435 g/mol. The Morgan fingerprint density at radius 3 is 2.62 bits per heavy atom. The smallest absolute Gasteiger partial charge is 0.253 e. The van der Waals surface area contributed by atoms with Gasteiger partial charge in [0.1, 0.15) is 11.6 Å². The molecule has 0 spiro atoms. The van der Waals surface area contributed by atoms with Crippen molar-refractivity contribution in [2.45, 2.75) is 19.4 Å². The van der Waals surface area contributed by atoms with Crippen LogP contribution in [-0.4, -0.2) is 42.6 Å². The number of piperazine rings is 1. The second-order valence-electron chi connectivity index (χ2n) is 8.38. The van der Waals surface area contributed by atoms with Crippen LogP contribution in [0.25, 0.3) is 10.9 Å². The lowest BCUT2D eigenvalue weighted by Crippen LogP contribution is -2.46. The highest BCUT2D eigenvalue weighted by Gasteiger charge is 2.22. The van der Waals surface area contributed by atoms with Crippen molar-refractivity contribution in [3.05, 3.63) is 69.0 Å². The Kier molecular flexibility index (Phi) is 5.27. The fourth-order valence-electron chi connectivity index (χ4n) is 4.72. The van der Waals surface area contributed by atoms with Gasteiger partial charge in [0.05, 0.1) is 33.9 Å². The van der Waals surface area contributed by atoms with E-state index in [0.717, 1.165) is 18.5 Å². The van der Waals surface area contributed by atoms with Crippen LogP contribution in [0.3, 0.4) is 0 Å². The molecule has 2 aliphatic heterocycles. The number of hydrogen-bond acceptors (Lipinski definition) is 5. The average molecular weight is 435 g/mol. The molecule has 5 rings (SSSR count). The van der Waals surface area contributed by atoms with Crippen molar-refractivity contribution in [2.75, 3.05) is 42.9 Å². The summed E-state index contributed by atoms with van der Waals surface area (Å²) >= 11 is 0. The van der Waals surface area contributed by atoms with Gasteiger partial charge in [-0.05, 0) is 48.7 Å². The number of hydrogen-bond donors (Lipinski definition) is 2. The Morgan fingerprint density at radius 1 is 1.06 bits per heavy atom. The predicted octanol–water partition coefficient (Wildman–Crippen LogP) is 3.36. The van der Waals surface area contributed by atoms with Crippen LogP contribution in [0.5, 0.6) is 0 Å². The van der Waals surface area contributed by atoms with E-state index in [1.165, 1.54) is 6.07 Å². The van der Waals surface area contributed by atoms with Gasteiger partial charge in [-0.15, -0.1) is 0 Å². The van der Waals surface area contributed by atoms with Crippen molar-refractivity contribution >= 4 is 22.3 Å². The van der Waals surface area contributed by atoms with E-state index >= 15 is 4.39 Å². The molecule has 32 heavy (non-hydrogen) atoms. The van der Waals surface area contributed by atoms with Gasteiger partial charge >= 0.3 is 0 Å². The summed E-state index contributed by atoms with van der Waals surface area (Å²) in [7, 11) is 0. The Balaban J connectivity index is 1.33. The quantitative estimate of drug-likeness (QED) is 0.660. The van der Waals surface area contributed by atoms with Crippen LogP contribution in [0.2, 0.25) is 0 Å². The maximum atomic E-state index is 15.1. The summed E-state index contributed by atoms with van der Waals surface area (Å²) < 4.78 is 29.4. The third kappa shape index (κ3) is 3.69. The van der Waals surface area contributed by atoms with E-state index in [4.69, 9.17) is 5.26 Å². The third-order valence-electron chi connectivity index (χ3n) is 6.33. The number of H-pyrrole nitrogens is 1. The molecule has 0 atom stereocenters. The molecule has 0 saturated carbocycles. The zero-order valence-corrected chi connectivity index (χ0v) is 17.5. The van der Waals surface area contributed by atoms with E-state index in [1.807, 2.05) is 17.0 Å². The Morgan fingerprint density at radius 2 is 1.88 bits per heavy atom. The molecular weight excluding hydrogens is 412 g/mol. The number of halogens is 2. The fourth-order valence-corrected chi connectivity index (χ4v) is 4.72. The van der Waals surface area contributed by atoms with Crippen molar-refractivity contribution in [2.24, 2.45) is 0 Å². The molecule has 0 bridgehead atoms. The van der Waals surface area contributed by atoms with Crippen LogP contribution in [0.1, 0.15) is 23.1 Å². The minimum absolute atomic E-state index is 0.158. The summed E-state index contributed by atoms with van der Waals surface area (Å²) in [6.07, 6.45) is 1.51. The molecule has 0 aliphatic carbocycles. The lowest BCUT2D eigenvalue weighted by molar-refractivity contribution is 0.249. The fraction of sp³-hybridized carbons (Fsp3) is 0.333. The summed E-state index contributed by atoms with van der Waals surface area (Å²) in [6.45, 7) is 3.93. The van der Waals surface area contributed by atoms with Crippen molar-refractivity contribution < 1.29 is 8.78 Å². The van der Waals surface area contributed by atoms with Crippen LogP contribution >= 0.6 is 0 Å². The Bertz CT molecular complexity index is 1290. The molecule has 8 heteroatoms. The van der Waals surface area contributed by atoms with Gasteiger partial charge in [0, 0.05) is 44.8 Å². The highest BCUT2D eigenvalue weighted by atomic mass is 19.1. The number of nitrogens with one attached hydrogen (secondary N) is 2. The first-order valence-corrected chi connectivity index (χ1v) is 10.8. The van der Waals surface area contributed by atoms with Crippen molar-refractivity contribution in [1.29, 1.82) is 5.26 Å². The molecular formula is C24H23F2N5O. The molecule has 164 valence electrons. The molecule has 1 aromatic heterocycles. The molecule has 6 nitrogen and oxygen atoms in total. The van der Waals surface area contributed by atoms with Gasteiger partial charge in [-0.25, -0.2) is 8.78 Å². The Hall–Kier alpha value is -3.44. The number of pyridine rings is 1. The molecule has 1 fully saturated rings. The minimum Gasteiger partial charge on any atom is -0.384 e. The number of aromatic nitrogens is 1. The van der Waals surface area contributed by atoms with Gasteiger partial charge in [-0.1, -0.05) is 0 Å². The number of fused-ring (bicyclic) bond motifs is 3. The lowest BCUT2D eigenvalue weighted by Gasteiger charge is -2.36. The van der Waals surface area contributed by atoms with Gasteiger partial charge < -0.3 is 15.2 Å². The van der Waals surface area contributed by atoms with Crippen LogP contribution in [-0.2, 0) is 13.0 Å². The largest absolute Gasteiger partial charge is 0.384 e. The van der Waals surface area contributed by atoms with Crippen molar-refractivity contribution in [1.82, 2.24) is 9.88 Å². The van der Waals surface area contributed by atoms with Gasteiger partial charge in [-0.3, -0.25) is 9.69 Å². The topological polar surface area (TPSA) is 75.2 Å². The van der Waals surface area contributed by atoms with Gasteiger partial charge in [0.25, 0.3) is 5.56 Å². The molecule has 3 aromatic rings. The first-order chi connectivity index (χ1) is 15.5. The van der Waals surface area contributed by atoms with Crippen LogP contribution in [0, 0.1) is 23.0 Å². The van der Waals surface area contributed by atoms with Crippen molar-refractivity contribution in [3.63, 3.8) is 0 Å². The number of benzene rings is 2. The molecule has 1 saturated heterocycles. The number of anilines is 2. The van der Waals surface area contributed by atoms with Crippen molar-refractivity contribution in [3.8, 4) is 6.07 Å². The van der Waals surface area contributed by atoms with Gasteiger partial charge in [-0.2, -0.15) is 5.26 Å². The molecule has 0 radical (unpaired) electrons. The van der Waals surface area contributed by atoms with Gasteiger partial charge in [0.15, 0.2) is 0 Å². The van der Waals surface area contributed by atoms with E-state index in [-0.39, 0.29) is 11.4 Å². The standard InChI is InChI=1S/C24H23F2N5O/c25-18-10-15(13-27)3-4-21(18)31-8-6-30(7-9-31)14-16-11-19(26)22-20(12-16)29-24(32)17-2-1-5-28-23(17)22/h3-4,10-12,28H,1-2,5-9,14H2,(H,29,32).